The smallest absolute Gasteiger partial charge is 0.327 e. The first kappa shape index (κ1) is 26.1. The highest BCUT2D eigenvalue weighted by molar-refractivity contribution is 8.26. The number of nitrogens with zero attached hydrogens (tertiary/aromatic N) is 1. The summed E-state index contributed by atoms with van der Waals surface area (Å²) in [6, 6.07) is 22.3. The highest BCUT2D eigenvalue weighted by Gasteiger charge is 2.40. The minimum absolute atomic E-state index is 0.143. The summed E-state index contributed by atoms with van der Waals surface area (Å²) in [5.74, 6) is -1.06. The number of allylic oxidation sites excluding steroid dienone is 1. The number of carboxylic acids is 1. The van der Waals surface area contributed by atoms with Crippen LogP contribution in [0.4, 0.5) is 0 Å². The molecule has 0 spiro atoms. The zero-order valence-electron chi connectivity index (χ0n) is 19.9. The van der Waals surface area contributed by atoms with E-state index >= 15 is 0 Å². The maximum Gasteiger partial charge on any atom is 0.327 e. The van der Waals surface area contributed by atoms with Gasteiger partial charge in [-0.25, -0.2) is 4.79 Å². The Morgan fingerprint density at radius 3 is 2.41 bits per heavy atom. The van der Waals surface area contributed by atoms with Crippen molar-refractivity contribution in [2.24, 2.45) is 0 Å². The monoisotopic (exact) mass is 529 g/mol. The van der Waals surface area contributed by atoms with Crippen molar-refractivity contribution in [3.8, 4) is 5.75 Å². The van der Waals surface area contributed by atoms with Crippen molar-refractivity contribution in [1.29, 1.82) is 0 Å². The Morgan fingerprint density at radius 2 is 1.73 bits per heavy atom. The van der Waals surface area contributed by atoms with E-state index in [9.17, 15) is 19.5 Å². The molecule has 0 unspecified atom stereocenters. The van der Waals surface area contributed by atoms with Gasteiger partial charge in [-0.15, -0.1) is 0 Å². The highest BCUT2D eigenvalue weighted by atomic mass is 32.2. The maximum atomic E-state index is 13.1. The first-order valence-electron chi connectivity index (χ1n) is 11.4. The average molecular weight is 530 g/mol. The van der Waals surface area contributed by atoms with E-state index in [1.807, 2.05) is 54.6 Å². The maximum absolute atomic E-state index is 13.1. The Hall–Kier alpha value is -4.01. The van der Waals surface area contributed by atoms with Crippen molar-refractivity contribution in [2.45, 2.75) is 12.5 Å². The molecule has 1 aliphatic rings. The molecule has 1 N–H and O–H groups in total. The SMILES string of the molecule is COc1cccc(C(=O)/C=C/c2ccc(/C=C3\SC(=S)N([C@@H](Cc4ccccc4)C(=O)O)C3=O)cc2)c1. The topological polar surface area (TPSA) is 83.9 Å². The molecule has 1 aliphatic heterocycles. The molecule has 4 rings (SSSR count). The summed E-state index contributed by atoms with van der Waals surface area (Å²) in [5.41, 5.74) is 2.91. The van der Waals surface area contributed by atoms with E-state index in [0.717, 1.165) is 28.5 Å². The van der Waals surface area contributed by atoms with Gasteiger partial charge in [0.15, 0.2) is 5.78 Å². The predicted molar refractivity (Wildman–Crippen MR) is 149 cm³/mol. The van der Waals surface area contributed by atoms with Gasteiger partial charge in [-0.05, 0) is 41.0 Å². The molecule has 6 nitrogen and oxygen atoms in total. The molecule has 37 heavy (non-hydrogen) atoms. The molecule has 3 aromatic carbocycles. The second-order valence-electron chi connectivity index (χ2n) is 8.19. The Morgan fingerprint density at radius 1 is 1.03 bits per heavy atom. The quantitative estimate of drug-likeness (QED) is 0.223. The third-order valence-electron chi connectivity index (χ3n) is 5.71. The van der Waals surface area contributed by atoms with Crippen molar-refractivity contribution < 1.29 is 24.2 Å². The molecule has 1 heterocycles. The Balaban J connectivity index is 1.46. The average Bonchev–Trinajstić information content (AvgIpc) is 3.19. The summed E-state index contributed by atoms with van der Waals surface area (Å²) in [4.78, 5) is 39.1. The van der Waals surface area contributed by atoms with Crippen molar-refractivity contribution >= 4 is 58.1 Å². The van der Waals surface area contributed by atoms with E-state index in [0.29, 0.717) is 16.2 Å². The van der Waals surface area contributed by atoms with Crippen LogP contribution in [0.15, 0.2) is 89.8 Å². The highest BCUT2D eigenvalue weighted by Crippen LogP contribution is 2.34. The number of ketones is 1. The Bertz CT molecular complexity index is 1400. The van der Waals surface area contributed by atoms with E-state index in [1.54, 1.807) is 43.5 Å². The predicted octanol–water partition coefficient (Wildman–Crippen LogP) is 5.49. The second kappa shape index (κ2) is 11.8. The molecule has 1 amide bonds. The number of thioether (sulfide) groups is 1. The minimum Gasteiger partial charge on any atom is -0.497 e. The summed E-state index contributed by atoms with van der Waals surface area (Å²) >= 11 is 6.46. The number of aliphatic carboxylic acids is 1. The third-order valence-corrected chi connectivity index (χ3v) is 7.04. The zero-order valence-corrected chi connectivity index (χ0v) is 21.5. The van der Waals surface area contributed by atoms with Gasteiger partial charge in [-0.3, -0.25) is 14.5 Å². The summed E-state index contributed by atoms with van der Waals surface area (Å²) in [6.45, 7) is 0. The second-order valence-corrected chi connectivity index (χ2v) is 9.87. The lowest BCUT2D eigenvalue weighted by Crippen LogP contribution is -2.45. The van der Waals surface area contributed by atoms with E-state index < -0.39 is 17.9 Å². The molecule has 1 fully saturated rings. The fourth-order valence-electron chi connectivity index (χ4n) is 3.77. The molecule has 3 aromatic rings. The van der Waals surface area contributed by atoms with Gasteiger partial charge in [0.05, 0.1) is 12.0 Å². The molecule has 0 radical (unpaired) electrons. The van der Waals surface area contributed by atoms with Crippen LogP contribution in [0.3, 0.4) is 0 Å². The van der Waals surface area contributed by atoms with E-state index in [-0.39, 0.29) is 16.5 Å². The van der Waals surface area contributed by atoms with Gasteiger partial charge < -0.3 is 9.84 Å². The number of carboxylic acid groups (broad SMARTS) is 1. The van der Waals surface area contributed by atoms with Gasteiger partial charge in [0, 0.05) is 12.0 Å². The normalized spacial score (nSPS) is 15.4. The molecular formula is C29H23NO5S2. The van der Waals surface area contributed by atoms with Crippen LogP contribution in [0.1, 0.15) is 27.0 Å². The van der Waals surface area contributed by atoms with Crippen LogP contribution in [0, 0.1) is 0 Å². The van der Waals surface area contributed by atoms with E-state index in [4.69, 9.17) is 17.0 Å². The fourth-order valence-corrected chi connectivity index (χ4v) is 5.13. The molecule has 0 aromatic heterocycles. The number of hydrogen-bond acceptors (Lipinski definition) is 6. The van der Waals surface area contributed by atoms with Gasteiger partial charge in [0.2, 0.25) is 0 Å². The molecular weight excluding hydrogens is 506 g/mol. The standard InChI is InChI=1S/C29H23NO5S2/c1-35-23-9-5-8-22(18-23)25(31)15-14-19-10-12-21(13-11-19)17-26-27(32)30(29(36)37-26)24(28(33)34)16-20-6-3-2-4-7-20/h2-15,17-18,24H,16H2,1H3,(H,33,34)/b15-14+,26-17-/t24-/m0/s1. The summed E-state index contributed by atoms with van der Waals surface area (Å²) < 4.78 is 5.38. The summed E-state index contributed by atoms with van der Waals surface area (Å²) in [5, 5.41) is 9.81. The summed E-state index contributed by atoms with van der Waals surface area (Å²) in [6.07, 6.45) is 5.06. The van der Waals surface area contributed by atoms with Crippen LogP contribution in [-0.4, -0.2) is 45.1 Å². The number of carbonyl (C=O) groups is 3. The lowest BCUT2D eigenvalue weighted by Gasteiger charge is -2.23. The Labute approximate surface area is 224 Å². The van der Waals surface area contributed by atoms with Crippen LogP contribution < -0.4 is 4.74 Å². The van der Waals surface area contributed by atoms with Crippen LogP contribution >= 0.6 is 24.0 Å². The first-order valence-corrected chi connectivity index (χ1v) is 12.6. The molecule has 8 heteroatoms. The molecule has 1 atom stereocenters. The van der Waals surface area contributed by atoms with Crippen molar-refractivity contribution in [3.05, 3.63) is 112 Å². The molecule has 1 saturated heterocycles. The lowest BCUT2D eigenvalue weighted by molar-refractivity contribution is -0.145. The molecule has 0 saturated carbocycles. The van der Waals surface area contributed by atoms with E-state index in [1.165, 1.54) is 11.0 Å². The van der Waals surface area contributed by atoms with Gasteiger partial charge in [0.25, 0.3) is 5.91 Å². The van der Waals surface area contributed by atoms with Gasteiger partial charge in [-0.2, -0.15) is 0 Å². The number of amides is 1. The number of hydrogen-bond donors (Lipinski definition) is 1. The molecule has 0 aliphatic carbocycles. The van der Waals surface area contributed by atoms with Crippen molar-refractivity contribution in [3.63, 3.8) is 0 Å². The lowest BCUT2D eigenvalue weighted by atomic mass is 10.0. The molecule has 0 bridgehead atoms. The number of methoxy groups -OCH3 is 1. The van der Waals surface area contributed by atoms with Crippen LogP contribution in [0.25, 0.3) is 12.2 Å². The van der Waals surface area contributed by atoms with Crippen molar-refractivity contribution in [1.82, 2.24) is 4.90 Å². The number of rotatable bonds is 9. The summed E-state index contributed by atoms with van der Waals surface area (Å²) in [7, 11) is 1.55. The largest absolute Gasteiger partial charge is 0.497 e. The fraction of sp³-hybridized carbons (Fsp3) is 0.103. The number of benzene rings is 3. The number of carbonyl (C=O) groups excluding carboxylic acids is 2. The molecule has 186 valence electrons. The van der Waals surface area contributed by atoms with Gasteiger partial charge in [-0.1, -0.05) is 96.8 Å². The van der Waals surface area contributed by atoms with Crippen molar-refractivity contribution in [2.75, 3.05) is 7.11 Å². The van der Waals surface area contributed by atoms with Crippen LogP contribution in [0.2, 0.25) is 0 Å². The van der Waals surface area contributed by atoms with E-state index in [2.05, 4.69) is 0 Å². The zero-order chi connectivity index (χ0) is 26.4. The number of thiocarbonyl (C=S) groups is 1. The van der Waals surface area contributed by atoms with Gasteiger partial charge in [0.1, 0.15) is 16.1 Å². The minimum atomic E-state index is -1.11. The number of ether oxygens (including phenoxy) is 1. The Kier molecular flexibility index (Phi) is 8.32. The third kappa shape index (κ3) is 6.41. The first-order chi connectivity index (χ1) is 17.9. The van der Waals surface area contributed by atoms with Crippen LogP contribution in [0.5, 0.6) is 5.75 Å². The van der Waals surface area contributed by atoms with Crippen LogP contribution in [-0.2, 0) is 16.0 Å². The van der Waals surface area contributed by atoms with Gasteiger partial charge >= 0.3 is 5.97 Å².